The average Bonchev–Trinajstić information content (AvgIpc) is 3.35. The molecule has 5 heterocycles. The van der Waals surface area contributed by atoms with E-state index in [1.165, 1.54) is 28.2 Å². The van der Waals surface area contributed by atoms with Gasteiger partial charge in [0.1, 0.15) is 11.6 Å². The largest absolute Gasteiger partial charge is 0.494 e. The molecule has 12 nitrogen and oxygen atoms in total. The fourth-order valence-corrected chi connectivity index (χ4v) is 6.97. The van der Waals surface area contributed by atoms with Gasteiger partial charge < -0.3 is 5.11 Å². The molecular weight excluding hydrogens is 564 g/mol. The fraction of sp³-hybridized carbons (Fsp3) is 0.219. The Balaban J connectivity index is 1.71. The van der Waals surface area contributed by atoms with Gasteiger partial charge in [-0.25, -0.2) is 14.6 Å². The highest BCUT2D eigenvalue weighted by atomic mass is 16.3. The lowest BCUT2D eigenvalue weighted by Gasteiger charge is -2.42. The van der Waals surface area contributed by atoms with Crippen LogP contribution in [0.4, 0.5) is 4.79 Å². The molecule has 44 heavy (non-hydrogen) atoms. The Hall–Kier alpha value is -5.65. The smallest absolute Gasteiger partial charge is 0.333 e. The third-order valence-electron chi connectivity index (χ3n) is 9.10. The molecule has 1 saturated heterocycles. The molecular formula is C32H27N6O6+. The molecule has 0 bridgehead atoms. The summed E-state index contributed by atoms with van der Waals surface area (Å²) in [4.78, 5) is 76.1. The van der Waals surface area contributed by atoms with Crippen molar-refractivity contribution < 1.29 is 24.1 Å². The second-order valence-electron chi connectivity index (χ2n) is 11.3. The van der Waals surface area contributed by atoms with Crippen LogP contribution in [0.1, 0.15) is 28.9 Å². The van der Waals surface area contributed by atoms with Gasteiger partial charge in [0.25, 0.3) is 17.4 Å². The minimum absolute atomic E-state index is 0.320. The van der Waals surface area contributed by atoms with Crippen molar-refractivity contribution in [3.05, 3.63) is 111 Å². The number of carbonyl (C=O) groups is 3. The summed E-state index contributed by atoms with van der Waals surface area (Å²) in [5.41, 5.74) is -2.24. The maximum atomic E-state index is 14.8. The number of hydrogen-bond acceptors (Lipinski definition) is 7. The highest BCUT2D eigenvalue weighted by molar-refractivity contribution is 6.20. The molecule has 2 aliphatic heterocycles. The van der Waals surface area contributed by atoms with Crippen molar-refractivity contribution in [3.8, 4) is 5.88 Å². The summed E-state index contributed by atoms with van der Waals surface area (Å²) < 4.78 is 3.52. The number of benzene rings is 2. The van der Waals surface area contributed by atoms with Gasteiger partial charge in [0.05, 0.1) is 11.1 Å². The number of urea groups is 1. The van der Waals surface area contributed by atoms with Crippen LogP contribution in [0, 0.1) is 5.41 Å². The number of imide groups is 2. The van der Waals surface area contributed by atoms with Gasteiger partial charge in [-0.1, -0.05) is 36.4 Å². The Morgan fingerprint density at radius 3 is 2.07 bits per heavy atom. The van der Waals surface area contributed by atoms with E-state index >= 15 is 0 Å². The van der Waals surface area contributed by atoms with Gasteiger partial charge in [-0.15, -0.1) is 0 Å². The summed E-state index contributed by atoms with van der Waals surface area (Å²) in [6.07, 6.45) is 0. The van der Waals surface area contributed by atoms with Crippen LogP contribution in [0.25, 0.3) is 21.8 Å². The number of aromatic nitrogens is 4. The zero-order chi connectivity index (χ0) is 31.2. The Morgan fingerprint density at radius 2 is 1.36 bits per heavy atom. The number of pyridine rings is 2. The van der Waals surface area contributed by atoms with Crippen molar-refractivity contribution in [2.24, 2.45) is 19.5 Å². The molecule has 0 saturated carbocycles. The molecule has 2 unspecified atom stereocenters. The summed E-state index contributed by atoms with van der Waals surface area (Å²) in [6.45, 7) is 0. The maximum Gasteiger partial charge on any atom is 0.333 e. The first kappa shape index (κ1) is 27.2. The SMILES string of the molecule is CN1C(=O)N(C)C(=O)C2(C1=O)C(c1c(O)n(C)c(=O)n(C)c1=O)c1ccc3ccccc3[n+]1C2c1ccc2ccccc2n1. The normalized spacial score (nSPS) is 19.4. The minimum Gasteiger partial charge on any atom is -0.494 e. The summed E-state index contributed by atoms with van der Waals surface area (Å²) >= 11 is 0. The third kappa shape index (κ3) is 3.24. The van der Waals surface area contributed by atoms with E-state index < -0.39 is 52.3 Å². The summed E-state index contributed by atoms with van der Waals surface area (Å²) in [5.74, 6) is -3.83. The molecule has 0 aliphatic carbocycles. The number of nitrogens with zero attached hydrogens (tertiary/aromatic N) is 6. The summed E-state index contributed by atoms with van der Waals surface area (Å²) in [6, 6.07) is 19.8. The van der Waals surface area contributed by atoms with Gasteiger partial charge >= 0.3 is 11.7 Å². The molecule has 1 N–H and O–H groups in total. The molecule has 4 amide bonds. The molecule has 2 aromatic carbocycles. The van der Waals surface area contributed by atoms with Crippen molar-refractivity contribution in [1.29, 1.82) is 0 Å². The number of aromatic hydroxyl groups is 1. The summed E-state index contributed by atoms with van der Waals surface area (Å²) in [5, 5.41) is 13.1. The molecule has 2 aliphatic rings. The predicted octanol–water partition coefficient (Wildman–Crippen LogP) is 1.55. The van der Waals surface area contributed by atoms with Crippen LogP contribution in [0.5, 0.6) is 5.88 Å². The molecule has 5 aromatic rings. The molecule has 1 fully saturated rings. The molecule has 2 atom stereocenters. The van der Waals surface area contributed by atoms with E-state index in [1.807, 2.05) is 54.6 Å². The Morgan fingerprint density at radius 1 is 0.750 bits per heavy atom. The molecule has 3 aromatic heterocycles. The van der Waals surface area contributed by atoms with Crippen LogP contribution in [-0.2, 0) is 23.7 Å². The predicted molar refractivity (Wildman–Crippen MR) is 158 cm³/mol. The molecule has 0 radical (unpaired) electrons. The van der Waals surface area contributed by atoms with Crippen molar-refractivity contribution in [1.82, 2.24) is 23.9 Å². The van der Waals surface area contributed by atoms with Crippen molar-refractivity contribution in [2.75, 3.05) is 14.1 Å². The Kier molecular flexibility index (Phi) is 5.67. The number of para-hydroxylation sites is 2. The second kappa shape index (κ2) is 9.17. The van der Waals surface area contributed by atoms with Crippen molar-refractivity contribution in [3.63, 3.8) is 0 Å². The van der Waals surface area contributed by atoms with Gasteiger partial charge in [-0.2, -0.15) is 4.57 Å². The number of hydrogen-bond donors (Lipinski definition) is 1. The van der Waals surface area contributed by atoms with Crippen molar-refractivity contribution >= 4 is 39.7 Å². The van der Waals surface area contributed by atoms with E-state index in [-0.39, 0.29) is 5.56 Å². The zero-order valence-corrected chi connectivity index (χ0v) is 24.3. The van der Waals surface area contributed by atoms with Gasteiger partial charge in [0, 0.05) is 51.1 Å². The second-order valence-corrected chi connectivity index (χ2v) is 11.3. The van der Waals surface area contributed by atoms with Gasteiger partial charge in [0.2, 0.25) is 22.9 Å². The highest BCUT2D eigenvalue weighted by Gasteiger charge is 2.75. The summed E-state index contributed by atoms with van der Waals surface area (Å²) in [7, 11) is 5.12. The number of rotatable bonds is 2. The first-order chi connectivity index (χ1) is 21.0. The maximum absolute atomic E-state index is 14.8. The lowest BCUT2D eigenvalue weighted by Crippen LogP contribution is -2.67. The minimum atomic E-state index is -2.20. The third-order valence-corrected chi connectivity index (χ3v) is 9.10. The molecule has 220 valence electrons. The average molecular weight is 592 g/mol. The van der Waals surface area contributed by atoms with Gasteiger partial charge in [-0.05, 0) is 24.3 Å². The zero-order valence-electron chi connectivity index (χ0n) is 24.3. The lowest BCUT2D eigenvalue weighted by molar-refractivity contribution is -0.688. The molecule has 1 spiro atoms. The van der Waals surface area contributed by atoms with E-state index in [4.69, 9.17) is 4.98 Å². The van der Waals surface area contributed by atoms with Crippen LogP contribution in [0.3, 0.4) is 0 Å². The van der Waals surface area contributed by atoms with Crippen molar-refractivity contribution in [2.45, 2.75) is 12.0 Å². The van der Waals surface area contributed by atoms with Crippen LogP contribution < -0.4 is 15.8 Å². The lowest BCUT2D eigenvalue weighted by atomic mass is 9.65. The van der Waals surface area contributed by atoms with E-state index in [2.05, 4.69) is 0 Å². The molecule has 12 heteroatoms. The topological polar surface area (TPSA) is 139 Å². The standard InChI is InChI=1S/C32H26N6O6/c1-34-26(39)23(27(40)35(2)30(34)43)24-22-16-14-18-10-6-8-12-21(18)38(22)25(20-15-13-17-9-5-7-11-19(17)33-20)32(24)28(41)36(3)31(44)37(4)29(32)42/h5-16,24-25H,1-4H3/p+1. The van der Waals surface area contributed by atoms with Crippen LogP contribution in [0.15, 0.2) is 82.4 Å². The van der Waals surface area contributed by atoms with Gasteiger partial charge in [0.15, 0.2) is 5.69 Å². The van der Waals surface area contributed by atoms with Gasteiger partial charge in [-0.3, -0.25) is 33.3 Å². The van der Waals surface area contributed by atoms with E-state index in [0.717, 1.165) is 29.7 Å². The van der Waals surface area contributed by atoms with Crippen LogP contribution in [0.2, 0.25) is 0 Å². The van der Waals surface area contributed by atoms with E-state index in [9.17, 15) is 29.1 Å². The van der Waals surface area contributed by atoms with E-state index in [0.29, 0.717) is 22.4 Å². The quantitative estimate of drug-likeness (QED) is 0.243. The van der Waals surface area contributed by atoms with Crippen LogP contribution >= 0.6 is 0 Å². The monoisotopic (exact) mass is 591 g/mol. The number of barbiturate groups is 1. The first-order valence-corrected chi connectivity index (χ1v) is 13.9. The number of carbonyl (C=O) groups excluding carboxylic acids is 3. The Bertz CT molecular complexity index is 2210. The van der Waals surface area contributed by atoms with E-state index in [1.54, 1.807) is 22.8 Å². The Labute approximate surface area is 249 Å². The fourth-order valence-electron chi connectivity index (χ4n) is 6.97. The highest BCUT2D eigenvalue weighted by Crippen LogP contribution is 2.57. The number of amides is 4. The molecule has 7 rings (SSSR count). The first-order valence-electron chi connectivity index (χ1n) is 13.9. The number of fused-ring (bicyclic) bond motifs is 4. The van der Waals surface area contributed by atoms with Crippen LogP contribution in [-0.4, -0.2) is 61.0 Å².